The molecule has 2 aromatic carbocycles. The minimum Gasteiger partial charge on any atom is -0.399 e. The number of nitrogen functional groups attached to an aromatic ring is 1. The fourth-order valence-corrected chi connectivity index (χ4v) is 2.45. The molecular formula is C15H11Cl2N3. The van der Waals surface area contributed by atoms with E-state index >= 15 is 0 Å². The minimum atomic E-state index is 0.625. The summed E-state index contributed by atoms with van der Waals surface area (Å²) < 4.78 is 1.92. The second-order valence-corrected chi connectivity index (χ2v) is 5.21. The average Bonchev–Trinajstić information content (AvgIpc) is 2.90. The van der Waals surface area contributed by atoms with Gasteiger partial charge >= 0.3 is 0 Å². The number of benzene rings is 2. The van der Waals surface area contributed by atoms with Crippen LogP contribution in [0, 0.1) is 0 Å². The molecule has 5 heteroatoms. The summed E-state index contributed by atoms with van der Waals surface area (Å²) in [7, 11) is 0. The molecule has 3 aromatic rings. The van der Waals surface area contributed by atoms with E-state index in [9.17, 15) is 0 Å². The topological polar surface area (TPSA) is 43.8 Å². The number of hydrogen-bond donors (Lipinski definition) is 1. The summed E-state index contributed by atoms with van der Waals surface area (Å²) in [5, 5.41) is 1.25. The maximum Gasteiger partial charge on any atom is 0.0997 e. The molecule has 100 valence electrons. The van der Waals surface area contributed by atoms with Crippen LogP contribution < -0.4 is 5.73 Å². The Morgan fingerprint density at radius 1 is 1.05 bits per heavy atom. The van der Waals surface area contributed by atoms with Gasteiger partial charge < -0.3 is 5.73 Å². The van der Waals surface area contributed by atoms with Gasteiger partial charge in [-0.25, -0.2) is 4.98 Å². The number of nitrogens with two attached hydrogens (primary N) is 1. The van der Waals surface area contributed by atoms with E-state index in [2.05, 4.69) is 4.98 Å². The third-order valence-electron chi connectivity index (χ3n) is 2.99. The summed E-state index contributed by atoms with van der Waals surface area (Å²) in [5.74, 6) is 0. The molecule has 1 aromatic heterocycles. The quantitative estimate of drug-likeness (QED) is 0.712. The highest BCUT2D eigenvalue weighted by molar-refractivity contribution is 6.35. The van der Waals surface area contributed by atoms with Gasteiger partial charge in [-0.15, -0.1) is 0 Å². The maximum absolute atomic E-state index is 6.25. The Bertz CT molecular complexity index is 765. The summed E-state index contributed by atoms with van der Waals surface area (Å²) in [6, 6.07) is 12.9. The third kappa shape index (κ3) is 2.38. The molecule has 0 bridgehead atoms. The highest BCUT2D eigenvalue weighted by Gasteiger charge is 2.11. The summed E-state index contributed by atoms with van der Waals surface area (Å²) in [5.41, 5.74) is 9.14. The molecule has 0 radical (unpaired) electrons. The first kappa shape index (κ1) is 13.0. The molecule has 0 saturated heterocycles. The van der Waals surface area contributed by atoms with Gasteiger partial charge in [0.05, 0.1) is 23.2 Å². The van der Waals surface area contributed by atoms with E-state index in [0.717, 1.165) is 16.9 Å². The van der Waals surface area contributed by atoms with Crippen molar-refractivity contribution in [3.05, 3.63) is 65.0 Å². The van der Waals surface area contributed by atoms with Crippen LogP contribution in [0.2, 0.25) is 10.0 Å². The lowest BCUT2D eigenvalue weighted by molar-refractivity contribution is 1.06. The molecular weight excluding hydrogens is 293 g/mol. The SMILES string of the molecule is Nc1cccc(-n2cncc2-c2cc(Cl)ccc2Cl)c1. The molecule has 0 aliphatic rings. The summed E-state index contributed by atoms with van der Waals surface area (Å²) in [4.78, 5) is 4.20. The fraction of sp³-hybridized carbons (Fsp3) is 0. The second-order valence-electron chi connectivity index (χ2n) is 4.37. The van der Waals surface area contributed by atoms with Gasteiger partial charge in [0.25, 0.3) is 0 Å². The van der Waals surface area contributed by atoms with E-state index in [-0.39, 0.29) is 0 Å². The number of aromatic nitrogens is 2. The predicted molar refractivity (Wildman–Crippen MR) is 83.4 cm³/mol. The van der Waals surface area contributed by atoms with E-state index in [1.54, 1.807) is 24.7 Å². The van der Waals surface area contributed by atoms with Crippen LogP contribution in [0.5, 0.6) is 0 Å². The Balaban J connectivity index is 2.18. The third-order valence-corrected chi connectivity index (χ3v) is 3.56. The molecule has 3 rings (SSSR count). The lowest BCUT2D eigenvalue weighted by Gasteiger charge is -2.10. The van der Waals surface area contributed by atoms with E-state index in [0.29, 0.717) is 15.7 Å². The Labute approximate surface area is 126 Å². The number of rotatable bonds is 2. The normalized spacial score (nSPS) is 10.7. The van der Waals surface area contributed by atoms with Crippen LogP contribution in [-0.2, 0) is 0 Å². The van der Waals surface area contributed by atoms with Crippen molar-refractivity contribution in [3.63, 3.8) is 0 Å². The zero-order valence-electron chi connectivity index (χ0n) is 10.4. The van der Waals surface area contributed by atoms with Crippen LogP contribution >= 0.6 is 23.2 Å². The molecule has 0 atom stereocenters. The Kier molecular flexibility index (Phi) is 3.38. The van der Waals surface area contributed by atoms with Gasteiger partial charge in [-0.05, 0) is 36.4 Å². The van der Waals surface area contributed by atoms with Crippen LogP contribution in [-0.4, -0.2) is 9.55 Å². The van der Waals surface area contributed by atoms with Crippen molar-refractivity contribution in [2.75, 3.05) is 5.73 Å². The largest absolute Gasteiger partial charge is 0.399 e. The van der Waals surface area contributed by atoms with E-state index in [1.165, 1.54) is 0 Å². The van der Waals surface area contributed by atoms with E-state index in [1.807, 2.05) is 34.9 Å². The van der Waals surface area contributed by atoms with Gasteiger partial charge in [0.15, 0.2) is 0 Å². The van der Waals surface area contributed by atoms with Crippen molar-refractivity contribution in [3.8, 4) is 16.9 Å². The zero-order chi connectivity index (χ0) is 14.1. The standard InChI is InChI=1S/C15H11Cl2N3/c16-10-4-5-14(17)13(6-10)15-8-19-9-20(15)12-3-1-2-11(18)7-12/h1-9H,18H2. The maximum atomic E-state index is 6.25. The Hall–Kier alpha value is -1.97. The smallest absolute Gasteiger partial charge is 0.0997 e. The van der Waals surface area contributed by atoms with Crippen LogP contribution in [0.25, 0.3) is 16.9 Å². The van der Waals surface area contributed by atoms with Gasteiger partial charge in [0.1, 0.15) is 0 Å². The second kappa shape index (κ2) is 5.19. The average molecular weight is 304 g/mol. The first-order valence-corrected chi connectivity index (χ1v) is 6.74. The molecule has 0 aliphatic heterocycles. The first-order chi connectivity index (χ1) is 9.65. The van der Waals surface area contributed by atoms with Gasteiger partial charge in [-0.3, -0.25) is 4.57 Å². The molecule has 0 saturated carbocycles. The molecule has 0 spiro atoms. The molecule has 0 unspecified atom stereocenters. The zero-order valence-corrected chi connectivity index (χ0v) is 11.9. The van der Waals surface area contributed by atoms with E-state index < -0.39 is 0 Å². The molecule has 20 heavy (non-hydrogen) atoms. The van der Waals surface area contributed by atoms with Crippen molar-refractivity contribution in [2.24, 2.45) is 0 Å². The Morgan fingerprint density at radius 3 is 2.70 bits per heavy atom. The summed E-state index contributed by atoms with van der Waals surface area (Å²) in [6.07, 6.45) is 3.47. The molecule has 0 aliphatic carbocycles. The summed E-state index contributed by atoms with van der Waals surface area (Å²) >= 11 is 12.3. The number of hydrogen-bond acceptors (Lipinski definition) is 2. The van der Waals surface area contributed by atoms with E-state index in [4.69, 9.17) is 28.9 Å². The van der Waals surface area contributed by atoms with Gasteiger partial charge in [-0.2, -0.15) is 0 Å². The Morgan fingerprint density at radius 2 is 1.90 bits per heavy atom. The van der Waals surface area contributed by atoms with Crippen molar-refractivity contribution in [2.45, 2.75) is 0 Å². The lowest BCUT2D eigenvalue weighted by Crippen LogP contribution is -1.97. The highest BCUT2D eigenvalue weighted by Crippen LogP contribution is 2.32. The lowest BCUT2D eigenvalue weighted by atomic mass is 10.1. The van der Waals surface area contributed by atoms with Crippen molar-refractivity contribution >= 4 is 28.9 Å². The molecule has 0 fully saturated rings. The van der Waals surface area contributed by atoms with Gasteiger partial charge in [-0.1, -0.05) is 29.3 Å². The van der Waals surface area contributed by atoms with Crippen LogP contribution in [0.3, 0.4) is 0 Å². The van der Waals surface area contributed by atoms with Crippen molar-refractivity contribution < 1.29 is 0 Å². The first-order valence-electron chi connectivity index (χ1n) is 5.99. The molecule has 0 amide bonds. The van der Waals surface area contributed by atoms with Crippen molar-refractivity contribution in [1.29, 1.82) is 0 Å². The van der Waals surface area contributed by atoms with Crippen LogP contribution in [0.4, 0.5) is 5.69 Å². The monoisotopic (exact) mass is 303 g/mol. The molecule has 2 N–H and O–H groups in total. The highest BCUT2D eigenvalue weighted by atomic mass is 35.5. The fourth-order valence-electron chi connectivity index (χ4n) is 2.07. The molecule has 1 heterocycles. The number of anilines is 1. The minimum absolute atomic E-state index is 0.625. The van der Waals surface area contributed by atoms with Gasteiger partial charge in [0, 0.05) is 22.0 Å². The number of nitrogens with zero attached hydrogens (tertiary/aromatic N) is 2. The number of imidazole rings is 1. The van der Waals surface area contributed by atoms with Crippen molar-refractivity contribution in [1.82, 2.24) is 9.55 Å². The van der Waals surface area contributed by atoms with Gasteiger partial charge in [0.2, 0.25) is 0 Å². The van der Waals surface area contributed by atoms with Crippen LogP contribution in [0.1, 0.15) is 0 Å². The summed E-state index contributed by atoms with van der Waals surface area (Å²) in [6.45, 7) is 0. The molecule has 3 nitrogen and oxygen atoms in total. The predicted octanol–water partition coefficient (Wildman–Crippen LogP) is 4.43. The number of halogens is 2. The van der Waals surface area contributed by atoms with Crippen LogP contribution in [0.15, 0.2) is 55.0 Å².